The van der Waals surface area contributed by atoms with Crippen LogP contribution in [0.25, 0.3) is 10.6 Å². The molecule has 0 radical (unpaired) electrons. The zero-order chi connectivity index (χ0) is 12.3. The fourth-order valence-corrected chi connectivity index (χ4v) is 2.52. The predicted octanol–water partition coefficient (Wildman–Crippen LogP) is 2.88. The van der Waals surface area contributed by atoms with Crippen LogP contribution in [0.1, 0.15) is 17.5 Å². The van der Waals surface area contributed by atoms with Crippen molar-refractivity contribution in [1.82, 2.24) is 9.97 Å². The topological polar surface area (TPSA) is 47.4 Å². The molecule has 0 aliphatic heterocycles. The van der Waals surface area contributed by atoms with E-state index in [4.69, 9.17) is 4.84 Å². The number of rotatable bonds is 3. The van der Waals surface area contributed by atoms with Crippen molar-refractivity contribution in [3.63, 3.8) is 0 Å². The Morgan fingerprint density at radius 2 is 2.29 bits per heavy atom. The van der Waals surface area contributed by atoms with E-state index in [1.54, 1.807) is 24.6 Å². The summed E-state index contributed by atoms with van der Waals surface area (Å²) in [5.41, 5.74) is 2.84. The first kappa shape index (κ1) is 11.7. The Bertz CT molecular complexity index is 534. The first-order chi connectivity index (χ1) is 8.22. The molecule has 0 atom stereocenters. The third kappa shape index (κ3) is 2.50. The molecule has 17 heavy (non-hydrogen) atoms. The molecule has 0 aliphatic carbocycles. The van der Waals surface area contributed by atoms with Crippen LogP contribution >= 0.6 is 11.3 Å². The van der Waals surface area contributed by atoms with Crippen molar-refractivity contribution in [3.05, 3.63) is 35.1 Å². The van der Waals surface area contributed by atoms with Gasteiger partial charge in [-0.25, -0.2) is 4.98 Å². The Morgan fingerprint density at radius 3 is 2.94 bits per heavy atom. The molecule has 2 heterocycles. The van der Waals surface area contributed by atoms with Crippen LogP contribution in [-0.2, 0) is 4.84 Å². The quantitative estimate of drug-likeness (QED) is 0.619. The Labute approximate surface area is 104 Å². The summed E-state index contributed by atoms with van der Waals surface area (Å²) in [6.07, 6.45) is 3.56. The van der Waals surface area contributed by atoms with Crippen molar-refractivity contribution in [3.8, 4) is 10.6 Å². The van der Waals surface area contributed by atoms with E-state index in [0.29, 0.717) is 0 Å². The number of hydrogen-bond donors (Lipinski definition) is 0. The van der Waals surface area contributed by atoms with E-state index in [-0.39, 0.29) is 0 Å². The molecule has 0 unspecified atom stereocenters. The van der Waals surface area contributed by atoms with E-state index in [0.717, 1.165) is 26.9 Å². The number of aryl methyl sites for hydroxylation is 1. The van der Waals surface area contributed by atoms with Gasteiger partial charge in [-0.3, -0.25) is 4.98 Å². The molecule has 0 N–H and O–H groups in total. The van der Waals surface area contributed by atoms with Gasteiger partial charge in [-0.1, -0.05) is 5.16 Å². The lowest BCUT2D eigenvalue weighted by Gasteiger charge is -1.95. The van der Waals surface area contributed by atoms with Crippen LogP contribution in [0.5, 0.6) is 0 Å². The minimum atomic E-state index is 0.845. The zero-order valence-corrected chi connectivity index (χ0v) is 10.8. The standard InChI is InChI=1S/C12H13N3OS/c1-8-11(9(2)15-16-3)17-12(14-8)10-5-4-6-13-7-10/h4-7H,1-3H3. The maximum Gasteiger partial charge on any atom is 0.125 e. The predicted molar refractivity (Wildman–Crippen MR) is 69.3 cm³/mol. The summed E-state index contributed by atoms with van der Waals surface area (Å²) in [6, 6.07) is 3.90. The lowest BCUT2D eigenvalue weighted by molar-refractivity contribution is 0.213. The molecular weight excluding hydrogens is 234 g/mol. The van der Waals surface area contributed by atoms with Crippen LogP contribution in [0.3, 0.4) is 0 Å². The van der Waals surface area contributed by atoms with Gasteiger partial charge in [0.15, 0.2) is 0 Å². The molecule has 0 saturated carbocycles. The maximum absolute atomic E-state index is 4.78. The maximum atomic E-state index is 4.78. The van der Waals surface area contributed by atoms with Crippen molar-refractivity contribution >= 4 is 17.0 Å². The van der Waals surface area contributed by atoms with Crippen LogP contribution in [0, 0.1) is 6.92 Å². The Balaban J connectivity index is 2.41. The number of hydrogen-bond acceptors (Lipinski definition) is 5. The van der Waals surface area contributed by atoms with Crippen LogP contribution in [-0.4, -0.2) is 22.8 Å². The zero-order valence-electron chi connectivity index (χ0n) is 9.97. The van der Waals surface area contributed by atoms with Gasteiger partial charge in [0, 0.05) is 18.0 Å². The molecule has 2 aromatic heterocycles. The second-order valence-corrected chi connectivity index (χ2v) is 4.53. The normalized spacial score (nSPS) is 11.6. The van der Waals surface area contributed by atoms with Crippen molar-refractivity contribution < 1.29 is 4.84 Å². The lowest BCUT2D eigenvalue weighted by Crippen LogP contribution is -1.94. The van der Waals surface area contributed by atoms with Crippen LogP contribution in [0.2, 0.25) is 0 Å². The summed E-state index contributed by atoms with van der Waals surface area (Å²) in [7, 11) is 1.54. The minimum absolute atomic E-state index is 0.845. The number of nitrogens with zero attached hydrogens (tertiary/aromatic N) is 3. The molecule has 88 valence electrons. The monoisotopic (exact) mass is 247 g/mol. The minimum Gasteiger partial charge on any atom is -0.399 e. The first-order valence-corrected chi connectivity index (χ1v) is 6.00. The second kappa shape index (κ2) is 5.05. The molecule has 0 aliphatic rings. The van der Waals surface area contributed by atoms with E-state index in [1.807, 2.05) is 32.2 Å². The average Bonchev–Trinajstić information content (AvgIpc) is 2.73. The van der Waals surface area contributed by atoms with Gasteiger partial charge >= 0.3 is 0 Å². The van der Waals surface area contributed by atoms with Crippen LogP contribution < -0.4 is 0 Å². The highest BCUT2D eigenvalue weighted by molar-refractivity contribution is 7.17. The number of aromatic nitrogens is 2. The van der Waals surface area contributed by atoms with E-state index in [2.05, 4.69) is 15.1 Å². The molecule has 0 bridgehead atoms. The molecule has 0 spiro atoms. The largest absolute Gasteiger partial charge is 0.399 e. The fraction of sp³-hybridized carbons (Fsp3) is 0.250. The highest BCUT2D eigenvalue weighted by Gasteiger charge is 2.11. The third-order valence-corrected chi connectivity index (χ3v) is 3.58. The van der Waals surface area contributed by atoms with Gasteiger partial charge in [-0.15, -0.1) is 11.3 Å². The summed E-state index contributed by atoms with van der Waals surface area (Å²) in [5.74, 6) is 0. The Kier molecular flexibility index (Phi) is 3.49. The highest BCUT2D eigenvalue weighted by Crippen LogP contribution is 2.27. The summed E-state index contributed by atoms with van der Waals surface area (Å²) in [6.45, 7) is 3.89. The number of thiazole rings is 1. The van der Waals surface area contributed by atoms with Crippen molar-refractivity contribution in [2.75, 3.05) is 7.11 Å². The van der Waals surface area contributed by atoms with E-state index in [1.165, 1.54) is 0 Å². The van der Waals surface area contributed by atoms with Crippen molar-refractivity contribution in [2.24, 2.45) is 5.16 Å². The Morgan fingerprint density at radius 1 is 1.47 bits per heavy atom. The van der Waals surface area contributed by atoms with Crippen LogP contribution in [0.4, 0.5) is 0 Å². The molecule has 2 aromatic rings. The number of oxime groups is 1. The second-order valence-electron chi connectivity index (χ2n) is 3.53. The van der Waals surface area contributed by atoms with Gasteiger partial charge in [0.2, 0.25) is 0 Å². The van der Waals surface area contributed by atoms with E-state index >= 15 is 0 Å². The highest BCUT2D eigenvalue weighted by atomic mass is 32.1. The summed E-state index contributed by atoms with van der Waals surface area (Å²) < 4.78 is 0. The van der Waals surface area contributed by atoms with Gasteiger partial charge in [-0.2, -0.15) is 0 Å². The van der Waals surface area contributed by atoms with E-state index < -0.39 is 0 Å². The van der Waals surface area contributed by atoms with Crippen molar-refractivity contribution in [1.29, 1.82) is 0 Å². The molecular formula is C12H13N3OS. The fourth-order valence-electron chi connectivity index (χ4n) is 1.52. The molecule has 2 rings (SSSR count). The summed E-state index contributed by atoms with van der Waals surface area (Å²) in [5, 5.41) is 4.89. The summed E-state index contributed by atoms with van der Waals surface area (Å²) >= 11 is 1.60. The molecule has 5 heteroatoms. The number of pyridine rings is 1. The SMILES string of the molecule is CON=C(C)c1sc(-c2cccnc2)nc1C. The van der Waals surface area contributed by atoms with Crippen LogP contribution in [0.15, 0.2) is 29.7 Å². The van der Waals surface area contributed by atoms with Gasteiger partial charge in [-0.05, 0) is 26.0 Å². The smallest absolute Gasteiger partial charge is 0.125 e. The van der Waals surface area contributed by atoms with E-state index in [9.17, 15) is 0 Å². The third-order valence-electron chi connectivity index (χ3n) is 2.26. The first-order valence-electron chi connectivity index (χ1n) is 5.18. The summed E-state index contributed by atoms with van der Waals surface area (Å²) in [4.78, 5) is 14.4. The van der Waals surface area contributed by atoms with Gasteiger partial charge in [0.1, 0.15) is 12.1 Å². The van der Waals surface area contributed by atoms with Gasteiger partial charge in [0.05, 0.1) is 16.3 Å². The molecule has 4 nitrogen and oxygen atoms in total. The molecule has 0 aromatic carbocycles. The Hall–Kier alpha value is -1.75. The lowest BCUT2D eigenvalue weighted by atomic mass is 10.3. The molecule has 0 amide bonds. The van der Waals surface area contributed by atoms with Crippen molar-refractivity contribution in [2.45, 2.75) is 13.8 Å². The average molecular weight is 247 g/mol. The van der Waals surface area contributed by atoms with Gasteiger partial charge in [0.25, 0.3) is 0 Å². The van der Waals surface area contributed by atoms with Gasteiger partial charge < -0.3 is 4.84 Å². The molecule has 0 fully saturated rings. The molecule has 0 saturated heterocycles.